The fraction of sp³-hybridized carbons (Fsp3) is 0.0714. The van der Waals surface area contributed by atoms with E-state index < -0.39 is 0 Å². The zero-order chi connectivity index (χ0) is 11.8. The van der Waals surface area contributed by atoms with Gasteiger partial charge in [-0.3, -0.25) is 4.98 Å². The first-order chi connectivity index (χ1) is 8.31. The summed E-state index contributed by atoms with van der Waals surface area (Å²) >= 11 is 0. The summed E-state index contributed by atoms with van der Waals surface area (Å²) < 4.78 is 5.30. The lowest BCUT2D eigenvalue weighted by Crippen LogP contribution is -1.86. The topological polar surface area (TPSA) is 42.4 Å². The van der Waals surface area contributed by atoms with Crippen LogP contribution < -0.4 is 4.74 Å². The van der Waals surface area contributed by atoms with Gasteiger partial charge in [0.25, 0.3) is 0 Å². The molecule has 3 rings (SSSR count). The number of aromatic nitrogens is 1. The van der Waals surface area contributed by atoms with Crippen molar-refractivity contribution in [2.45, 2.75) is 0 Å². The molecule has 0 unspecified atom stereocenters. The predicted octanol–water partition coefficient (Wildman–Crippen LogP) is 3.10. The molecule has 0 bridgehead atoms. The van der Waals surface area contributed by atoms with Gasteiger partial charge in [-0.25, -0.2) is 0 Å². The third-order valence-electron chi connectivity index (χ3n) is 2.95. The fourth-order valence-corrected chi connectivity index (χ4v) is 2.11. The van der Waals surface area contributed by atoms with Gasteiger partial charge in [0.2, 0.25) is 0 Å². The van der Waals surface area contributed by atoms with Crippen molar-refractivity contribution in [1.29, 1.82) is 0 Å². The van der Waals surface area contributed by atoms with Crippen LogP contribution in [0.1, 0.15) is 0 Å². The molecule has 0 radical (unpaired) electrons. The van der Waals surface area contributed by atoms with Crippen LogP contribution in [0.3, 0.4) is 0 Å². The van der Waals surface area contributed by atoms with Crippen LogP contribution in [0.15, 0.2) is 42.7 Å². The number of benzene rings is 2. The molecule has 0 saturated heterocycles. The standard InChI is InChI=1S/C14H11NO2/c1-17-13-4-2-3-10-11(13)7-9-5-6-15-8-12(9)14(10)16/h2-8,16H,1H3. The summed E-state index contributed by atoms with van der Waals surface area (Å²) in [5, 5.41) is 13.6. The number of pyridine rings is 1. The third kappa shape index (κ3) is 1.40. The van der Waals surface area contributed by atoms with E-state index in [0.29, 0.717) is 0 Å². The zero-order valence-electron chi connectivity index (χ0n) is 9.34. The summed E-state index contributed by atoms with van der Waals surface area (Å²) in [6.45, 7) is 0. The van der Waals surface area contributed by atoms with Crippen LogP contribution in [0.5, 0.6) is 11.5 Å². The van der Waals surface area contributed by atoms with E-state index in [1.165, 1.54) is 0 Å². The molecule has 0 aliphatic heterocycles. The summed E-state index contributed by atoms with van der Waals surface area (Å²) in [4.78, 5) is 4.03. The molecule has 0 fully saturated rings. The Morgan fingerprint density at radius 2 is 2.00 bits per heavy atom. The van der Waals surface area contributed by atoms with Gasteiger partial charge in [-0.15, -0.1) is 0 Å². The van der Waals surface area contributed by atoms with E-state index in [1.54, 1.807) is 19.5 Å². The quantitative estimate of drug-likeness (QED) is 0.647. The lowest BCUT2D eigenvalue weighted by Gasteiger charge is -2.09. The van der Waals surface area contributed by atoms with E-state index in [-0.39, 0.29) is 5.75 Å². The first kappa shape index (κ1) is 9.90. The number of fused-ring (bicyclic) bond motifs is 2. The molecule has 1 N–H and O–H groups in total. The minimum atomic E-state index is 0.254. The van der Waals surface area contributed by atoms with Gasteiger partial charge < -0.3 is 9.84 Å². The molecule has 0 spiro atoms. The molecular weight excluding hydrogens is 214 g/mol. The maximum atomic E-state index is 10.2. The maximum absolute atomic E-state index is 10.2. The Bertz CT molecular complexity index is 707. The SMILES string of the molecule is COc1cccc2c(O)c3cnccc3cc12. The molecule has 1 heterocycles. The van der Waals surface area contributed by atoms with Gasteiger partial charge in [0.1, 0.15) is 11.5 Å². The summed E-state index contributed by atoms with van der Waals surface area (Å²) in [5.41, 5.74) is 0. The van der Waals surface area contributed by atoms with Crippen LogP contribution in [0, 0.1) is 0 Å². The van der Waals surface area contributed by atoms with Gasteiger partial charge in [0.05, 0.1) is 7.11 Å². The van der Waals surface area contributed by atoms with Gasteiger partial charge in [0.15, 0.2) is 0 Å². The average molecular weight is 225 g/mol. The molecule has 1 aromatic heterocycles. The highest BCUT2D eigenvalue weighted by Crippen LogP contribution is 2.37. The highest BCUT2D eigenvalue weighted by molar-refractivity contribution is 6.06. The highest BCUT2D eigenvalue weighted by Gasteiger charge is 2.09. The molecule has 0 amide bonds. The van der Waals surface area contributed by atoms with Crippen molar-refractivity contribution < 1.29 is 9.84 Å². The largest absolute Gasteiger partial charge is 0.507 e. The van der Waals surface area contributed by atoms with E-state index in [1.807, 2.05) is 30.3 Å². The number of phenolic OH excluding ortho intramolecular Hbond substituents is 1. The number of rotatable bonds is 1. The summed E-state index contributed by atoms with van der Waals surface area (Å²) in [6, 6.07) is 9.50. The molecule has 0 atom stereocenters. The number of hydrogen-bond acceptors (Lipinski definition) is 3. The molecule has 0 aliphatic carbocycles. The van der Waals surface area contributed by atoms with Crippen molar-refractivity contribution in [2.24, 2.45) is 0 Å². The van der Waals surface area contributed by atoms with Gasteiger partial charge >= 0.3 is 0 Å². The number of aromatic hydroxyl groups is 1. The van der Waals surface area contributed by atoms with Crippen molar-refractivity contribution >= 4 is 21.5 Å². The Morgan fingerprint density at radius 1 is 1.12 bits per heavy atom. The number of phenols is 1. The van der Waals surface area contributed by atoms with E-state index in [0.717, 1.165) is 27.3 Å². The Kier molecular flexibility index (Phi) is 2.11. The Morgan fingerprint density at radius 3 is 2.82 bits per heavy atom. The first-order valence-electron chi connectivity index (χ1n) is 5.33. The van der Waals surface area contributed by atoms with E-state index in [2.05, 4.69) is 4.98 Å². The van der Waals surface area contributed by atoms with Gasteiger partial charge in [-0.2, -0.15) is 0 Å². The highest BCUT2D eigenvalue weighted by atomic mass is 16.5. The second-order valence-electron chi connectivity index (χ2n) is 3.88. The zero-order valence-corrected chi connectivity index (χ0v) is 9.34. The van der Waals surface area contributed by atoms with Crippen molar-refractivity contribution in [3.63, 3.8) is 0 Å². The molecule has 0 saturated carbocycles. The second-order valence-corrected chi connectivity index (χ2v) is 3.88. The molecule has 3 nitrogen and oxygen atoms in total. The Balaban J connectivity index is 2.54. The maximum Gasteiger partial charge on any atom is 0.132 e. The van der Waals surface area contributed by atoms with Crippen LogP contribution in [0.2, 0.25) is 0 Å². The van der Waals surface area contributed by atoms with Crippen molar-refractivity contribution in [2.75, 3.05) is 7.11 Å². The van der Waals surface area contributed by atoms with Gasteiger partial charge in [-0.1, -0.05) is 12.1 Å². The monoisotopic (exact) mass is 225 g/mol. The van der Waals surface area contributed by atoms with Crippen LogP contribution >= 0.6 is 0 Å². The van der Waals surface area contributed by atoms with E-state index in [9.17, 15) is 5.11 Å². The number of methoxy groups -OCH3 is 1. The van der Waals surface area contributed by atoms with Crippen LogP contribution in [0.25, 0.3) is 21.5 Å². The normalized spacial score (nSPS) is 10.9. The summed E-state index contributed by atoms with van der Waals surface area (Å²) in [5.74, 6) is 1.01. The van der Waals surface area contributed by atoms with Crippen molar-refractivity contribution in [3.05, 3.63) is 42.7 Å². The average Bonchev–Trinajstić information content (AvgIpc) is 2.38. The second kappa shape index (κ2) is 3.63. The number of hydrogen-bond donors (Lipinski definition) is 1. The third-order valence-corrected chi connectivity index (χ3v) is 2.95. The number of ether oxygens (including phenoxy) is 1. The smallest absolute Gasteiger partial charge is 0.132 e. The van der Waals surface area contributed by atoms with Crippen molar-refractivity contribution in [3.8, 4) is 11.5 Å². The van der Waals surface area contributed by atoms with Crippen LogP contribution in [0.4, 0.5) is 0 Å². The Labute approximate surface area is 98.3 Å². The predicted molar refractivity (Wildman–Crippen MR) is 67.5 cm³/mol. The van der Waals surface area contributed by atoms with Gasteiger partial charge in [0, 0.05) is 28.6 Å². The number of nitrogens with zero attached hydrogens (tertiary/aromatic N) is 1. The van der Waals surface area contributed by atoms with Crippen LogP contribution in [-0.2, 0) is 0 Å². The minimum absolute atomic E-state index is 0.254. The van der Waals surface area contributed by atoms with Crippen molar-refractivity contribution in [1.82, 2.24) is 4.98 Å². The van der Waals surface area contributed by atoms with E-state index >= 15 is 0 Å². The fourth-order valence-electron chi connectivity index (χ4n) is 2.11. The lowest BCUT2D eigenvalue weighted by molar-refractivity contribution is 0.419. The molecule has 0 aliphatic rings. The summed E-state index contributed by atoms with van der Waals surface area (Å²) in [7, 11) is 1.63. The summed E-state index contributed by atoms with van der Waals surface area (Å²) in [6.07, 6.45) is 3.38. The Hall–Kier alpha value is -2.29. The van der Waals surface area contributed by atoms with E-state index in [4.69, 9.17) is 4.74 Å². The molecular formula is C14H11NO2. The molecule has 2 aromatic carbocycles. The molecule has 84 valence electrons. The molecule has 17 heavy (non-hydrogen) atoms. The minimum Gasteiger partial charge on any atom is -0.507 e. The van der Waals surface area contributed by atoms with Gasteiger partial charge in [-0.05, 0) is 23.6 Å². The first-order valence-corrected chi connectivity index (χ1v) is 5.33. The lowest BCUT2D eigenvalue weighted by atomic mass is 10.0. The van der Waals surface area contributed by atoms with Crippen LogP contribution in [-0.4, -0.2) is 17.2 Å². The molecule has 3 heteroatoms. The molecule has 3 aromatic rings.